The van der Waals surface area contributed by atoms with Crippen LogP contribution in [0.2, 0.25) is 5.15 Å². The van der Waals surface area contributed by atoms with Crippen LogP contribution in [0, 0.1) is 0 Å². The normalized spacial score (nSPS) is 22.2. The molecule has 3 aromatic heterocycles. The van der Waals surface area contributed by atoms with Gasteiger partial charge >= 0.3 is 6.09 Å². The van der Waals surface area contributed by atoms with Gasteiger partial charge in [-0.25, -0.2) is 19.7 Å². The van der Waals surface area contributed by atoms with Gasteiger partial charge < -0.3 is 24.8 Å². The molecule has 0 bridgehead atoms. The van der Waals surface area contributed by atoms with Gasteiger partial charge in [-0.2, -0.15) is 0 Å². The van der Waals surface area contributed by atoms with Crippen LogP contribution in [0.4, 0.5) is 16.3 Å². The quantitative estimate of drug-likeness (QED) is 0.575. The zero-order valence-electron chi connectivity index (χ0n) is 17.8. The number of aromatic nitrogens is 4. The number of hydrogen-bond acceptors (Lipinski definition) is 7. The van der Waals surface area contributed by atoms with Gasteiger partial charge in [-0.05, 0) is 19.1 Å². The van der Waals surface area contributed by atoms with Crippen LogP contribution in [0.15, 0.2) is 24.7 Å². The first-order valence-corrected chi connectivity index (χ1v) is 11.3. The molecule has 2 fully saturated rings. The number of fused-ring (bicyclic) bond motifs is 2. The maximum Gasteiger partial charge on any atom is 0.407 e. The summed E-state index contributed by atoms with van der Waals surface area (Å²) in [6.45, 7) is 5.08. The number of alkyl carbamates (subject to hydrolysis) is 1. The van der Waals surface area contributed by atoms with Gasteiger partial charge in [0.2, 0.25) is 0 Å². The Hall–Kier alpha value is -3.07. The molecule has 3 aliphatic heterocycles. The van der Waals surface area contributed by atoms with Gasteiger partial charge in [0.05, 0.1) is 17.9 Å². The highest BCUT2D eigenvalue weighted by molar-refractivity contribution is 6.30. The van der Waals surface area contributed by atoms with Gasteiger partial charge in [-0.1, -0.05) is 11.6 Å². The lowest BCUT2D eigenvalue weighted by Gasteiger charge is -2.41. The van der Waals surface area contributed by atoms with Gasteiger partial charge in [0.25, 0.3) is 0 Å². The topological polar surface area (TPSA) is 99.3 Å². The number of hydrogen-bond donors (Lipinski definition) is 2. The molecule has 2 N–H and O–H groups in total. The van der Waals surface area contributed by atoms with E-state index in [1.54, 1.807) is 6.33 Å². The fourth-order valence-corrected chi connectivity index (χ4v) is 5.41. The van der Waals surface area contributed by atoms with Gasteiger partial charge in [-0.15, -0.1) is 0 Å². The number of pyridine rings is 1. The Kier molecular flexibility index (Phi) is 4.43. The Labute approximate surface area is 190 Å². The molecule has 1 atom stereocenters. The molecule has 6 rings (SSSR count). The van der Waals surface area contributed by atoms with Crippen LogP contribution in [0.25, 0.3) is 11.0 Å². The molecule has 3 aliphatic rings. The monoisotopic (exact) mass is 453 g/mol. The second kappa shape index (κ2) is 7.23. The van der Waals surface area contributed by atoms with Crippen molar-refractivity contribution in [3.8, 4) is 0 Å². The minimum atomic E-state index is -0.380. The summed E-state index contributed by atoms with van der Waals surface area (Å²) in [5.41, 5.74) is 3.72. The van der Waals surface area contributed by atoms with E-state index < -0.39 is 0 Å². The molecule has 0 aromatic carbocycles. The van der Waals surface area contributed by atoms with Crippen molar-refractivity contribution in [1.29, 1.82) is 0 Å². The van der Waals surface area contributed by atoms with Crippen molar-refractivity contribution in [2.75, 3.05) is 29.4 Å². The lowest BCUT2D eigenvalue weighted by molar-refractivity contribution is 0.0365. The number of aromatic amines is 1. The highest BCUT2D eigenvalue weighted by atomic mass is 35.5. The van der Waals surface area contributed by atoms with Crippen molar-refractivity contribution >= 4 is 40.2 Å². The summed E-state index contributed by atoms with van der Waals surface area (Å²) in [5.74, 6) is 0.976. The first-order chi connectivity index (χ1) is 15.5. The number of rotatable bonds is 2. The van der Waals surface area contributed by atoms with E-state index in [1.165, 1.54) is 0 Å². The number of nitrogens with one attached hydrogen (secondary N) is 2. The van der Waals surface area contributed by atoms with Crippen LogP contribution in [-0.4, -0.2) is 57.3 Å². The molecule has 2 saturated heterocycles. The number of carbonyl (C=O) groups is 1. The number of carbonyl (C=O) groups excluding carboxylic acids is 1. The molecule has 0 saturated carbocycles. The summed E-state index contributed by atoms with van der Waals surface area (Å²) >= 11 is 6.34. The predicted molar refractivity (Wildman–Crippen MR) is 121 cm³/mol. The third-order valence-corrected chi connectivity index (χ3v) is 7.18. The van der Waals surface area contributed by atoms with E-state index in [1.807, 2.05) is 18.3 Å². The number of anilines is 2. The Balaban J connectivity index is 1.32. The van der Waals surface area contributed by atoms with Crippen LogP contribution < -0.4 is 15.1 Å². The van der Waals surface area contributed by atoms with Crippen molar-refractivity contribution in [2.45, 2.75) is 44.4 Å². The molecule has 0 aliphatic carbocycles. The number of ether oxygens (including phenoxy) is 1. The maximum absolute atomic E-state index is 11.6. The molecule has 32 heavy (non-hydrogen) atoms. The second-order valence-corrected chi connectivity index (χ2v) is 9.31. The molecule has 0 radical (unpaired) electrons. The molecular formula is C22H24ClN7O2. The number of amides is 1. The fourth-order valence-electron chi connectivity index (χ4n) is 5.22. The SMILES string of the molecule is C[C@@H]1Cc2ncnc(N3CCC4(CC3)CNC(=O)O4)c2CN1c1cc(Cl)nc2[nH]ccc12. The predicted octanol–water partition coefficient (Wildman–Crippen LogP) is 3.04. The molecular weight excluding hydrogens is 430 g/mol. The highest BCUT2D eigenvalue weighted by Crippen LogP contribution is 2.38. The summed E-state index contributed by atoms with van der Waals surface area (Å²) < 4.78 is 5.58. The maximum atomic E-state index is 11.6. The number of piperidine rings is 1. The lowest BCUT2D eigenvalue weighted by atomic mass is 9.91. The van der Waals surface area contributed by atoms with E-state index >= 15 is 0 Å². The summed E-state index contributed by atoms with van der Waals surface area (Å²) in [6, 6.07) is 4.24. The summed E-state index contributed by atoms with van der Waals surface area (Å²) in [4.78, 5) is 33.1. The third kappa shape index (κ3) is 3.14. The zero-order chi connectivity index (χ0) is 21.9. The molecule has 0 unspecified atom stereocenters. The minimum absolute atomic E-state index is 0.260. The number of halogens is 1. The second-order valence-electron chi connectivity index (χ2n) is 8.92. The third-order valence-electron chi connectivity index (χ3n) is 6.98. The van der Waals surface area contributed by atoms with Crippen molar-refractivity contribution < 1.29 is 9.53 Å². The molecule has 6 heterocycles. The van der Waals surface area contributed by atoms with Gasteiger partial charge in [0, 0.05) is 62.1 Å². The summed E-state index contributed by atoms with van der Waals surface area (Å²) in [5, 5.41) is 4.32. The van der Waals surface area contributed by atoms with Gasteiger partial charge in [0.15, 0.2) is 0 Å². The first-order valence-electron chi connectivity index (χ1n) is 11.0. The smallest absolute Gasteiger partial charge is 0.407 e. The van der Waals surface area contributed by atoms with Crippen molar-refractivity contribution in [3.05, 3.63) is 41.1 Å². The molecule has 1 spiro atoms. The average Bonchev–Trinajstić information content (AvgIpc) is 3.39. The van der Waals surface area contributed by atoms with Crippen LogP contribution >= 0.6 is 11.6 Å². The van der Waals surface area contributed by atoms with Crippen LogP contribution in [0.5, 0.6) is 0 Å². The molecule has 3 aromatic rings. The Morgan fingerprint density at radius 1 is 1.28 bits per heavy atom. The van der Waals surface area contributed by atoms with E-state index in [0.29, 0.717) is 18.2 Å². The highest BCUT2D eigenvalue weighted by Gasteiger charge is 2.43. The number of nitrogens with zero attached hydrogens (tertiary/aromatic N) is 5. The summed E-state index contributed by atoms with van der Waals surface area (Å²) in [7, 11) is 0. The first kappa shape index (κ1) is 19.6. The Morgan fingerprint density at radius 3 is 2.91 bits per heavy atom. The molecule has 9 nitrogen and oxygen atoms in total. The van der Waals surface area contributed by atoms with E-state index in [2.05, 4.69) is 42.0 Å². The molecule has 1 amide bonds. The van der Waals surface area contributed by atoms with Crippen LogP contribution in [0.3, 0.4) is 0 Å². The Bertz CT molecular complexity index is 1200. The van der Waals surface area contributed by atoms with Crippen LogP contribution in [0.1, 0.15) is 31.0 Å². The van der Waals surface area contributed by atoms with E-state index in [-0.39, 0.29) is 17.7 Å². The van der Waals surface area contributed by atoms with E-state index in [0.717, 1.165) is 66.1 Å². The van der Waals surface area contributed by atoms with Gasteiger partial charge in [0.1, 0.15) is 28.5 Å². The standard InChI is InChI=1S/C22H24ClN7O2/c1-13-8-16-15(10-30(13)17-9-18(23)28-19-14(17)2-5-24-19)20(27-12-26-16)29-6-3-22(4-7-29)11-25-21(31)32-22/h2,5,9,12-13H,3-4,6-8,10-11H2,1H3,(H,24,28)(H,25,31)/t13-/m1/s1. The average molecular weight is 454 g/mol. The van der Waals surface area contributed by atoms with Gasteiger partial charge in [-0.3, -0.25) is 0 Å². The minimum Gasteiger partial charge on any atom is -0.441 e. The van der Waals surface area contributed by atoms with Crippen molar-refractivity contribution in [2.24, 2.45) is 0 Å². The lowest BCUT2D eigenvalue weighted by Crippen LogP contribution is -2.48. The number of H-pyrrole nitrogens is 1. The molecule has 10 heteroatoms. The molecule has 166 valence electrons. The zero-order valence-corrected chi connectivity index (χ0v) is 18.5. The fraction of sp³-hybridized carbons (Fsp3) is 0.455. The van der Waals surface area contributed by atoms with Crippen LogP contribution in [-0.2, 0) is 17.7 Å². The largest absolute Gasteiger partial charge is 0.441 e. The summed E-state index contributed by atoms with van der Waals surface area (Å²) in [6.07, 6.45) is 5.66. The van der Waals surface area contributed by atoms with Crippen molar-refractivity contribution in [1.82, 2.24) is 25.3 Å². The van der Waals surface area contributed by atoms with Crippen molar-refractivity contribution in [3.63, 3.8) is 0 Å². The Morgan fingerprint density at radius 2 is 2.12 bits per heavy atom. The van der Waals surface area contributed by atoms with E-state index in [4.69, 9.17) is 16.3 Å². The van der Waals surface area contributed by atoms with E-state index in [9.17, 15) is 4.79 Å².